The maximum absolute atomic E-state index is 4.08. The summed E-state index contributed by atoms with van der Waals surface area (Å²) < 4.78 is 0. The Morgan fingerprint density at radius 2 is 1.00 bits per heavy atom. The Labute approximate surface area is 67.7 Å². The minimum atomic E-state index is 0.778. The number of benzene rings is 1. The lowest BCUT2D eigenvalue weighted by molar-refractivity contribution is 1.50. The van der Waals surface area contributed by atoms with Crippen molar-refractivity contribution in [2.75, 3.05) is 0 Å². The highest BCUT2D eigenvalue weighted by Crippen LogP contribution is 2.24. The molecule has 1 heteroatoms. The summed E-state index contributed by atoms with van der Waals surface area (Å²) in [6, 6.07) is 12.0. The SMILES string of the molecule is SC1CC1.c1ccccc1. The summed E-state index contributed by atoms with van der Waals surface area (Å²) in [6.07, 6.45) is 2.70. The Hall–Kier alpha value is -0.430. The van der Waals surface area contributed by atoms with Crippen LogP contribution < -0.4 is 0 Å². The van der Waals surface area contributed by atoms with Gasteiger partial charge in [0.25, 0.3) is 0 Å². The molecule has 1 aromatic rings. The lowest BCUT2D eigenvalue weighted by atomic mass is 10.4. The van der Waals surface area contributed by atoms with Crippen LogP contribution in [0.15, 0.2) is 36.4 Å². The van der Waals surface area contributed by atoms with Crippen LogP contribution in [0, 0.1) is 0 Å². The summed E-state index contributed by atoms with van der Waals surface area (Å²) in [5.74, 6) is 0. The van der Waals surface area contributed by atoms with Crippen LogP contribution in [0.25, 0.3) is 0 Å². The predicted molar refractivity (Wildman–Crippen MR) is 48.5 cm³/mol. The van der Waals surface area contributed by atoms with Gasteiger partial charge in [0.05, 0.1) is 0 Å². The largest absolute Gasteiger partial charge is 0.176 e. The molecule has 0 radical (unpaired) electrons. The van der Waals surface area contributed by atoms with Crippen LogP contribution >= 0.6 is 12.6 Å². The minimum Gasteiger partial charge on any atom is -0.176 e. The number of thiol groups is 1. The van der Waals surface area contributed by atoms with Gasteiger partial charge in [-0.1, -0.05) is 36.4 Å². The maximum Gasteiger partial charge on any atom is 0.00176 e. The van der Waals surface area contributed by atoms with E-state index < -0.39 is 0 Å². The van der Waals surface area contributed by atoms with Gasteiger partial charge in [0.15, 0.2) is 0 Å². The van der Waals surface area contributed by atoms with E-state index in [0.29, 0.717) is 0 Å². The molecule has 0 bridgehead atoms. The van der Waals surface area contributed by atoms with Gasteiger partial charge in [-0.05, 0) is 12.8 Å². The fourth-order valence-corrected chi connectivity index (χ4v) is 0.609. The minimum absolute atomic E-state index is 0.778. The molecule has 0 aliphatic heterocycles. The molecule has 2 rings (SSSR count). The van der Waals surface area contributed by atoms with Crippen LogP contribution in [0.1, 0.15) is 12.8 Å². The first kappa shape index (κ1) is 7.67. The monoisotopic (exact) mass is 152 g/mol. The predicted octanol–water partition coefficient (Wildman–Crippen LogP) is 2.77. The van der Waals surface area contributed by atoms with Gasteiger partial charge in [-0.25, -0.2) is 0 Å². The molecular formula is C9H12S. The Bertz CT molecular complexity index is 129. The first-order valence-electron chi connectivity index (χ1n) is 3.57. The van der Waals surface area contributed by atoms with Crippen molar-refractivity contribution in [1.29, 1.82) is 0 Å². The van der Waals surface area contributed by atoms with E-state index in [0.717, 1.165) is 5.25 Å². The molecular weight excluding hydrogens is 140 g/mol. The van der Waals surface area contributed by atoms with Gasteiger partial charge in [-0.2, -0.15) is 12.6 Å². The van der Waals surface area contributed by atoms with Crippen LogP contribution in [0.3, 0.4) is 0 Å². The standard InChI is InChI=1S/C6H6.C3H6S/c1-2-4-6-5-3-1;4-3-1-2-3/h1-6H;3-4H,1-2H2. The molecule has 0 spiro atoms. The average Bonchev–Trinajstić information content (AvgIpc) is 2.77. The van der Waals surface area contributed by atoms with Crippen molar-refractivity contribution in [3.05, 3.63) is 36.4 Å². The molecule has 0 nitrogen and oxygen atoms in total. The van der Waals surface area contributed by atoms with Crippen molar-refractivity contribution in [3.63, 3.8) is 0 Å². The second kappa shape index (κ2) is 4.40. The van der Waals surface area contributed by atoms with Gasteiger partial charge >= 0.3 is 0 Å². The number of hydrogen-bond donors (Lipinski definition) is 1. The molecule has 0 amide bonds. The van der Waals surface area contributed by atoms with E-state index in [1.807, 2.05) is 36.4 Å². The van der Waals surface area contributed by atoms with Crippen molar-refractivity contribution in [1.82, 2.24) is 0 Å². The number of hydrogen-bond acceptors (Lipinski definition) is 1. The Morgan fingerprint density at radius 1 is 0.800 bits per heavy atom. The smallest absolute Gasteiger partial charge is 0.00176 e. The maximum atomic E-state index is 4.08. The van der Waals surface area contributed by atoms with Crippen molar-refractivity contribution in [2.45, 2.75) is 18.1 Å². The van der Waals surface area contributed by atoms with Crippen LogP contribution in [0.5, 0.6) is 0 Å². The van der Waals surface area contributed by atoms with Crippen molar-refractivity contribution in [2.24, 2.45) is 0 Å². The summed E-state index contributed by atoms with van der Waals surface area (Å²) in [6.45, 7) is 0. The summed E-state index contributed by atoms with van der Waals surface area (Å²) in [5.41, 5.74) is 0. The molecule has 0 saturated heterocycles. The van der Waals surface area contributed by atoms with E-state index in [2.05, 4.69) is 12.6 Å². The van der Waals surface area contributed by atoms with Gasteiger partial charge in [0, 0.05) is 5.25 Å². The first-order valence-corrected chi connectivity index (χ1v) is 4.09. The normalized spacial score (nSPS) is 15.3. The molecule has 10 heavy (non-hydrogen) atoms. The Balaban J connectivity index is 0.000000108. The molecule has 0 aromatic heterocycles. The zero-order valence-corrected chi connectivity index (χ0v) is 6.80. The quantitative estimate of drug-likeness (QED) is 0.543. The zero-order valence-electron chi connectivity index (χ0n) is 5.90. The molecule has 1 saturated carbocycles. The molecule has 0 heterocycles. The number of rotatable bonds is 0. The Kier molecular flexibility index (Phi) is 3.37. The molecule has 0 atom stereocenters. The van der Waals surface area contributed by atoms with Crippen molar-refractivity contribution in [3.8, 4) is 0 Å². The average molecular weight is 152 g/mol. The lowest BCUT2D eigenvalue weighted by Gasteiger charge is -1.69. The molecule has 54 valence electrons. The molecule has 0 N–H and O–H groups in total. The highest BCUT2D eigenvalue weighted by atomic mass is 32.1. The summed E-state index contributed by atoms with van der Waals surface area (Å²) >= 11 is 4.08. The van der Waals surface area contributed by atoms with Crippen LogP contribution in [-0.4, -0.2) is 5.25 Å². The van der Waals surface area contributed by atoms with Crippen molar-refractivity contribution >= 4 is 12.6 Å². The molecule has 1 aliphatic carbocycles. The highest BCUT2D eigenvalue weighted by molar-refractivity contribution is 7.81. The molecule has 1 aliphatic rings. The fraction of sp³-hybridized carbons (Fsp3) is 0.333. The second-order valence-electron chi connectivity index (χ2n) is 2.39. The van der Waals surface area contributed by atoms with E-state index >= 15 is 0 Å². The van der Waals surface area contributed by atoms with E-state index in [1.54, 1.807) is 0 Å². The molecule has 1 aromatic carbocycles. The Morgan fingerprint density at radius 3 is 1.10 bits per heavy atom. The summed E-state index contributed by atoms with van der Waals surface area (Å²) in [4.78, 5) is 0. The van der Waals surface area contributed by atoms with Crippen LogP contribution in [0.2, 0.25) is 0 Å². The molecule has 0 unspecified atom stereocenters. The highest BCUT2D eigenvalue weighted by Gasteiger charge is 2.14. The lowest BCUT2D eigenvalue weighted by Crippen LogP contribution is -1.47. The van der Waals surface area contributed by atoms with Crippen LogP contribution in [0.4, 0.5) is 0 Å². The first-order chi connectivity index (χ1) is 4.89. The fourth-order valence-electron chi connectivity index (χ4n) is 0.459. The van der Waals surface area contributed by atoms with E-state index in [1.165, 1.54) is 12.8 Å². The second-order valence-corrected chi connectivity index (χ2v) is 3.12. The summed E-state index contributed by atoms with van der Waals surface area (Å²) in [7, 11) is 0. The molecule has 1 fully saturated rings. The third-order valence-electron chi connectivity index (χ3n) is 1.21. The van der Waals surface area contributed by atoms with Crippen LogP contribution in [-0.2, 0) is 0 Å². The van der Waals surface area contributed by atoms with Gasteiger partial charge in [-0.3, -0.25) is 0 Å². The van der Waals surface area contributed by atoms with Gasteiger partial charge in [-0.15, -0.1) is 0 Å². The summed E-state index contributed by atoms with van der Waals surface area (Å²) in [5, 5.41) is 0.778. The third kappa shape index (κ3) is 4.45. The zero-order chi connectivity index (χ0) is 7.23. The van der Waals surface area contributed by atoms with E-state index in [-0.39, 0.29) is 0 Å². The van der Waals surface area contributed by atoms with Gasteiger partial charge in [0.2, 0.25) is 0 Å². The van der Waals surface area contributed by atoms with E-state index in [4.69, 9.17) is 0 Å². The topological polar surface area (TPSA) is 0 Å². The third-order valence-corrected chi connectivity index (χ3v) is 1.73. The van der Waals surface area contributed by atoms with Crippen molar-refractivity contribution < 1.29 is 0 Å². The van der Waals surface area contributed by atoms with Gasteiger partial charge in [0.1, 0.15) is 0 Å². The van der Waals surface area contributed by atoms with E-state index in [9.17, 15) is 0 Å². The van der Waals surface area contributed by atoms with Gasteiger partial charge < -0.3 is 0 Å².